The Bertz CT molecular complexity index is 3220. The van der Waals surface area contributed by atoms with Gasteiger partial charge in [-0.3, -0.25) is 0 Å². The summed E-state index contributed by atoms with van der Waals surface area (Å²) in [5.74, 6) is 0. The maximum Gasteiger partial charge on any atom is 0.218 e. The number of pyridine rings is 2. The van der Waals surface area contributed by atoms with E-state index in [0.717, 1.165) is 25.0 Å². The number of benzene rings is 5. The number of hydrogen-bond donors (Lipinski definition) is 0. The molecule has 2 atom stereocenters. The molecule has 0 saturated carbocycles. The van der Waals surface area contributed by atoms with Crippen LogP contribution in [0.3, 0.4) is 0 Å². The third-order valence-electron chi connectivity index (χ3n) is 13.3. The Hall–Kier alpha value is -5.84. The van der Waals surface area contributed by atoms with E-state index < -0.39 is 0 Å². The molecule has 5 aromatic carbocycles. The summed E-state index contributed by atoms with van der Waals surface area (Å²) in [5.41, 5.74) is 12.4. The molecule has 4 heteroatoms. The van der Waals surface area contributed by atoms with E-state index in [1.807, 2.05) is 11.3 Å². The maximum absolute atomic E-state index is 4.83. The van der Waals surface area contributed by atoms with Crippen molar-refractivity contribution in [2.45, 2.75) is 44.1 Å². The van der Waals surface area contributed by atoms with Crippen LogP contribution < -0.4 is 9.13 Å². The van der Waals surface area contributed by atoms with Crippen molar-refractivity contribution in [3.8, 4) is 22.5 Å². The van der Waals surface area contributed by atoms with Crippen molar-refractivity contribution in [1.29, 1.82) is 0 Å². The van der Waals surface area contributed by atoms with Crippen LogP contribution in [0.1, 0.15) is 37.8 Å². The molecule has 53 heavy (non-hydrogen) atoms. The minimum Gasteiger partial charge on any atom is -0.308 e. The van der Waals surface area contributed by atoms with E-state index in [-0.39, 0.29) is 11.0 Å². The number of fused-ring (bicyclic) bond motifs is 19. The molecule has 10 aromatic rings. The topological polar surface area (TPSA) is 12.2 Å². The number of aryl methyl sites for hydroxylation is 1. The average molecular weight is 700 g/mol. The number of para-hydroxylation sites is 1. The summed E-state index contributed by atoms with van der Waals surface area (Å²) in [6, 6.07) is 47.9. The summed E-state index contributed by atoms with van der Waals surface area (Å²) in [5, 5.41) is 8.13. The Morgan fingerprint density at radius 1 is 0.642 bits per heavy atom. The van der Waals surface area contributed by atoms with Crippen molar-refractivity contribution < 1.29 is 9.13 Å². The third-order valence-corrected chi connectivity index (χ3v) is 14.4. The van der Waals surface area contributed by atoms with Gasteiger partial charge in [0.2, 0.25) is 11.4 Å². The van der Waals surface area contributed by atoms with Crippen molar-refractivity contribution in [1.82, 2.24) is 4.40 Å². The van der Waals surface area contributed by atoms with E-state index in [4.69, 9.17) is 6.58 Å². The number of aromatic nitrogens is 3. The summed E-state index contributed by atoms with van der Waals surface area (Å²) in [6.45, 7) is 9.86. The van der Waals surface area contributed by atoms with Crippen LogP contribution in [-0.4, -0.2) is 4.40 Å². The molecule has 0 bridgehead atoms. The lowest BCUT2D eigenvalue weighted by atomic mass is 9.59. The molecule has 0 spiro atoms. The van der Waals surface area contributed by atoms with Crippen LogP contribution in [0.5, 0.6) is 0 Å². The predicted molar refractivity (Wildman–Crippen MR) is 221 cm³/mol. The summed E-state index contributed by atoms with van der Waals surface area (Å²) in [4.78, 5) is 0. The highest BCUT2D eigenvalue weighted by Crippen LogP contribution is 2.54. The quantitative estimate of drug-likeness (QED) is 0.140. The van der Waals surface area contributed by atoms with Gasteiger partial charge in [-0.2, -0.15) is 9.13 Å². The zero-order valence-electron chi connectivity index (χ0n) is 29.9. The number of rotatable bonds is 0. The van der Waals surface area contributed by atoms with Crippen molar-refractivity contribution in [2.24, 2.45) is 0 Å². The second-order valence-corrected chi connectivity index (χ2v) is 16.9. The van der Waals surface area contributed by atoms with Gasteiger partial charge >= 0.3 is 0 Å². The van der Waals surface area contributed by atoms with Gasteiger partial charge in [-0.15, -0.1) is 11.3 Å². The van der Waals surface area contributed by atoms with Gasteiger partial charge in [0.15, 0.2) is 23.6 Å². The summed E-state index contributed by atoms with van der Waals surface area (Å²) >= 11 is 1.92. The first kappa shape index (κ1) is 29.7. The number of nitrogens with zero attached hydrogens (tertiary/aromatic N) is 3. The molecule has 2 aliphatic rings. The molecule has 2 unspecified atom stereocenters. The zero-order valence-corrected chi connectivity index (χ0v) is 30.7. The molecule has 5 aromatic heterocycles. The molecular weight excluding hydrogens is 663 g/mol. The van der Waals surface area contributed by atoms with Crippen molar-refractivity contribution in [3.63, 3.8) is 0 Å². The Morgan fingerprint density at radius 3 is 2.30 bits per heavy atom. The second-order valence-electron chi connectivity index (χ2n) is 15.8. The molecular formula is C49H37N3S+2. The molecule has 0 aliphatic carbocycles. The molecule has 0 N–H and O–H groups in total. The molecule has 7 heterocycles. The smallest absolute Gasteiger partial charge is 0.218 e. The van der Waals surface area contributed by atoms with Gasteiger partial charge in [-0.1, -0.05) is 54.6 Å². The lowest BCUT2D eigenvalue weighted by Gasteiger charge is -2.47. The minimum atomic E-state index is -0.296. The normalized spacial score (nSPS) is 19.8. The fourth-order valence-electron chi connectivity index (χ4n) is 10.6. The molecule has 0 saturated heterocycles. The molecule has 3 nitrogen and oxygen atoms in total. The Kier molecular flexibility index (Phi) is 5.71. The van der Waals surface area contributed by atoms with Crippen LogP contribution in [0.4, 0.5) is 0 Å². The van der Waals surface area contributed by atoms with Crippen molar-refractivity contribution in [3.05, 3.63) is 157 Å². The van der Waals surface area contributed by atoms with E-state index in [2.05, 4.69) is 167 Å². The number of hydrogen-bond acceptors (Lipinski definition) is 1. The highest BCUT2D eigenvalue weighted by molar-refractivity contribution is 7.26. The third kappa shape index (κ3) is 3.64. The highest BCUT2D eigenvalue weighted by atomic mass is 32.1. The monoisotopic (exact) mass is 699 g/mol. The van der Waals surface area contributed by atoms with Crippen LogP contribution in [0.15, 0.2) is 146 Å². The zero-order chi connectivity index (χ0) is 35.2. The van der Waals surface area contributed by atoms with E-state index in [9.17, 15) is 0 Å². The van der Waals surface area contributed by atoms with Crippen LogP contribution in [0.2, 0.25) is 0 Å². The summed E-state index contributed by atoms with van der Waals surface area (Å²) in [7, 11) is 0. The minimum absolute atomic E-state index is 0.229. The number of thiophene rings is 1. The van der Waals surface area contributed by atoms with Gasteiger partial charge in [-0.05, 0) is 86.0 Å². The Labute approximate surface area is 311 Å². The lowest BCUT2D eigenvalue weighted by Crippen LogP contribution is -2.68. The maximum atomic E-state index is 4.83. The summed E-state index contributed by atoms with van der Waals surface area (Å²) < 4.78 is 10.2. The molecule has 0 fully saturated rings. The highest BCUT2D eigenvalue weighted by Gasteiger charge is 2.59. The van der Waals surface area contributed by atoms with E-state index >= 15 is 0 Å². The van der Waals surface area contributed by atoms with Crippen molar-refractivity contribution >= 4 is 75.3 Å². The van der Waals surface area contributed by atoms with Gasteiger partial charge in [0.25, 0.3) is 0 Å². The number of allylic oxidation sites excluding steroid dienone is 1. The van der Waals surface area contributed by atoms with Crippen LogP contribution >= 0.6 is 11.3 Å². The predicted octanol–water partition coefficient (Wildman–Crippen LogP) is 11.6. The first-order chi connectivity index (χ1) is 25.9. The van der Waals surface area contributed by atoms with Crippen molar-refractivity contribution in [2.75, 3.05) is 0 Å². The molecule has 2 aliphatic heterocycles. The molecule has 0 amide bonds. The van der Waals surface area contributed by atoms with Crippen LogP contribution in [0.25, 0.3) is 86.5 Å². The van der Waals surface area contributed by atoms with Gasteiger partial charge in [0, 0.05) is 78.5 Å². The molecule has 12 rings (SSSR count). The lowest BCUT2D eigenvalue weighted by molar-refractivity contribution is -0.766. The van der Waals surface area contributed by atoms with Gasteiger partial charge < -0.3 is 4.40 Å². The first-order valence-corrected chi connectivity index (χ1v) is 19.6. The molecule has 0 radical (unpaired) electrons. The van der Waals surface area contributed by atoms with E-state index in [0.29, 0.717) is 0 Å². The van der Waals surface area contributed by atoms with Gasteiger partial charge in [0.1, 0.15) is 0 Å². The summed E-state index contributed by atoms with van der Waals surface area (Å²) in [6.07, 6.45) is 7.32. The fraction of sp³-hybridized carbons (Fsp3) is 0.143. The van der Waals surface area contributed by atoms with Crippen LogP contribution in [-0.2, 0) is 17.4 Å². The van der Waals surface area contributed by atoms with E-state index in [1.54, 1.807) is 0 Å². The Balaban J connectivity index is 1.21. The molecule has 252 valence electrons. The van der Waals surface area contributed by atoms with Gasteiger partial charge in [0.05, 0.1) is 33.9 Å². The fourth-order valence-corrected chi connectivity index (χ4v) is 11.8. The van der Waals surface area contributed by atoms with E-state index in [1.165, 1.54) is 91.9 Å². The standard InChI is InChI=1S/C49H37N3S/c1-30-29-49(3)48(2,23-22-31-14-4-5-15-32(31)39-18-10-12-24-50(30)39)38-28-42-35(26-37(38)40-19-11-13-25-51(40)49)36-27-44-45(34-17-7-9-21-43(34)53-44)46-33-16-6-8-20-41(33)52(42)47(36)46/h4-21,24-28H,1,22-23,29H2,2-3H3/q+2. The van der Waals surface area contributed by atoms with Crippen LogP contribution in [0, 0.1) is 0 Å². The Morgan fingerprint density at radius 2 is 1.40 bits per heavy atom. The largest absolute Gasteiger partial charge is 0.308 e. The second kappa shape index (κ2) is 10.2. The first-order valence-electron chi connectivity index (χ1n) is 18.8. The SMILES string of the molecule is C=C1CC2(C)[n+]3ccccc3-c3cc4c5cc6sc7ccccc7c6c6c7ccccc7n(c4cc3C2(C)CCc2ccccc2-c2cccc[n+]21)c56. The average Bonchev–Trinajstić information content (AvgIpc) is 3.85. The van der Waals surface area contributed by atoms with Gasteiger partial charge in [-0.25, -0.2) is 0 Å².